The van der Waals surface area contributed by atoms with Crippen LogP contribution in [0.4, 0.5) is 10.1 Å². The highest BCUT2D eigenvalue weighted by Crippen LogP contribution is 2.28. The number of rotatable bonds is 5. The average Bonchev–Trinajstić information content (AvgIpc) is 3.16. The van der Waals surface area contributed by atoms with Crippen LogP contribution < -0.4 is 10.2 Å². The van der Waals surface area contributed by atoms with Crippen LogP contribution in [0.3, 0.4) is 0 Å². The summed E-state index contributed by atoms with van der Waals surface area (Å²) in [5, 5.41) is 9.34. The lowest BCUT2D eigenvalue weighted by atomic mass is 10.0. The first-order valence-electron chi connectivity index (χ1n) is 8.65. The van der Waals surface area contributed by atoms with Crippen molar-refractivity contribution >= 4 is 11.6 Å². The van der Waals surface area contributed by atoms with Crippen LogP contribution in [0, 0.1) is 5.82 Å². The zero-order valence-corrected chi connectivity index (χ0v) is 14.6. The number of aromatic nitrogens is 2. The summed E-state index contributed by atoms with van der Waals surface area (Å²) in [4.78, 5) is 16.9. The molecule has 1 amide bonds. The van der Waals surface area contributed by atoms with Gasteiger partial charge in [0.15, 0.2) is 0 Å². The molecule has 25 heavy (non-hydrogen) atoms. The number of H-pyrrole nitrogens is 1. The highest BCUT2D eigenvalue weighted by Gasteiger charge is 2.22. The van der Waals surface area contributed by atoms with Gasteiger partial charge in [-0.2, -0.15) is 5.10 Å². The number of hydrogen-bond acceptors (Lipinski definition) is 4. The molecule has 0 unspecified atom stereocenters. The van der Waals surface area contributed by atoms with Gasteiger partial charge in [0.1, 0.15) is 11.5 Å². The number of amides is 1. The molecule has 1 aromatic carbocycles. The number of benzene rings is 1. The van der Waals surface area contributed by atoms with E-state index in [-0.39, 0.29) is 17.8 Å². The number of likely N-dealkylation sites (N-methyl/N-ethyl adjacent to an activating group) is 1. The monoisotopic (exact) mass is 345 g/mol. The minimum atomic E-state index is -0.314. The highest BCUT2D eigenvalue weighted by molar-refractivity contribution is 5.92. The van der Waals surface area contributed by atoms with Gasteiger partial charge in [0.25, 0.3) is 5.91 Å². The zero-order valence-electron chi connectivity index (χ0n) is 14.6. The predicted molar refractivity (Wildman–Crippen MR) is 95.2 cm³/mol. The summed E-state index contributed by atoms with van der Waals surface area (Å²) in [6.07, 6.45) is 1.53. The van der Waals surface area contributed by atoms with Gasteiger partial charge in [0.2, 0.25) is 0 Å². The van der Waals surface area contributed by atoms with Crippen molar-refractivity contribution in [1.29, 1.82) is 0 Å². The normalized spacial score (nSPS) is 16.7. The predicted octanol–water partition coefficient (Wildman–Crippen LogP) is 2.18. The fourth-order valence-corrected chi connectivity index (χ4v) is 3.20. The molecular formula is C18H24FN5O. The average molecular weight is 345 g/mol. The molecule has 1 atom stereocenters. The van der Waals surface area contributed by atoms with Gasteiger partial charge in [0.05, 0.1) is 6.04 Å². The van der Waals surface area contributed by atoms with Gasteiger partial charge in [0, 0.05) is 43.6 Å². The van der Waals surface area contributed by atoms with Crippen molar-refractivity contribution < 1.29 is 9.18 Å². The van der Waals surface area contributed by atoms with E-state index in [9.17, 15) is 9.18 Å². The molecule has 1 saturated heterocycles. The maximum Gasteiger partial charge on any atom is 0.269 e. The molecule has 1 aliphatic rings. The Hall–Kier alpha value is -2.41. The van der Waals surface area contributed by atoms with Crippen molar-refractivity contribution in [2.45, 2.75) is 19.9 Å². The Morgan fingerprint density at radius 2 is 2.08 bits per heavy atom. The van der Waals surface area contributed by atoms with E-state index in [1.807, 2.05) is 13.0 Å². The van der Waals surface area contributed by atoms with Crippen molar-refractivity contribution in [2.75, 3.05) is 37.6 Å². The van der Waals surface area contributed by atoms with E-state index < -0.39 is 0 Å². The van der Waals surface area contributed by atoms with E-state index in [2.05, 4.69) is 32.2 Å². The topological polar surface area (TPSA) is 64.3 Å². The smallest absolute Gasteiger partial charge is 0.269 e. The van der Waals surface area contributed by atoms with E-state index in [1.54, 1.807) is 6.07 Å². The van der Waals surface area contributed by atoms with E-state index >= 15 is 0 Å². The van der Waals surface area contributed by atoms with Gasteiger partial charge < -0.3 is 15.1 Å². The second kappa shape index (κ2) is 7.65. The maximum atomic E-state index is 13.8. The standard InChI is InChI=1S/C18H24FN5O/c1-3-23-8-10-24(11-9-23)17-5-4-14(19)12-15(17)13(2)21-18(25)16-6-7-20-22-16/h4-7,12-13H,3,8-11H2,1-2H3,(H,20,22)(H,21,25)/t13-/m1/s1. The molecule has 0 bridgehead atoms. The largest absolute Gasteiger partial charge is 0.369 e. The Morgan fingerprint density at radius 1 is 1.32 bits per heavy atom. The van der Waals surface area contributed by atoms with Gasteiger partial charge in [-0.15, -0.1) is 0 Å². The lowest BCUT2D eigenvalue weighted by molar-refractivity contribution is 0.0935. The number of nitrogens with one attached hydrogen (secondary N) is 2. The van der Waals surface area contributed by atoms with Crippen molar-refractivity contribution in [3.8, 4) is 0 Å². The Labute approximate surface area is 147 Å². The van der Waals surface area contributed by atoms with Crippen LogP contribution in [-0.2, 0) is 0 Å². The molecule has 3 rings (SSSR count). The number of carbonyl (C=O) groups is 1. The summed E-state index contributed by atoms with van der Waals surface area (Å²) < 4.78 is 13.8. The molecule has 7 heteroatoms. The van der Waals surface area contributed by atoms with Gasteiger partial charge >= 0.3 is 0 Å². The van der Waals surface area contributed by atoms with Crippen LogP contribution in [0.15, 0.2) is 30.5 Å². The molecular weight excluding hydrogens is 321 g/mol. The van der Waals surface area contributed by atoms with Gasteiger partial charge in [-0.05, 0) is 37.7 Å². The van der Waals surface area contributed by atoms with Crippen LogP contribution in [0.2, 0.25) is 0 Å². The van der Waals surface area contributed by atoms with E-state index in [0.29, 0.717) is 5.69 Å². The van der Waals surface area contributed by atoms with Crippen LogP contribution in [0.1, 0.15) is 35.9 Å². The number of aromatic amines is 1. The Balaban J connectivity index is 1.78. The van der Waals surface area contributed by atoms with Gasteiger partial charge in [-0.1, -0.05) is 6.92 Å². The lowest BCUT2D eigenvalue weighted by Gasteiger charge is -2.37. The van der Waals surface area contributed by atoms with E-state index in [4.69, 9.17) is 0 Å². The summed E-state index contributed by atoms with van der Waals surface area (Å²) in [5.74, 6) is -0.551. The molecule has 0 saturated carbocycles. The van der Waals surface area contributed by atoms with Crippen LogP contribution in [0.25, 0.3) is 0 Å². The highest BCUT2D eigenvalue weighted by atomic mass is 19.1. The number of hydrogen-bond donors (Lipinski definition) is 2. The lowest BCUT2D eigenvalue weighted by Crippen LogP contribution is -2.46. The van der Waals surface area contributed by atoms with Crippen molar-refractivity contribution in [3.63, 3.8) is 0 Å². The quantitative estimate of drug-likeness (QED) is 0.872. The third-order valence-corrected chi connectivity index (χ3v) is 4.71. The SMILES string of the molecule is CCN1CCN(c2ccc(F)cc2[C@@H](C)NC(=O)c2ccn[nH]2)CC1. The Bertz CT molecular complexity index is 710. The molecule has 0 aliphatic carbocycles. The Morgan fingerprint density at radius 3 is 2.72 bits per heavy atom. The van der Waals surface area contributed by atoms with Crippen molar-refractivity contribution in [1.82, 2.24) is 20.4 Å². The first-order chi connectivity index (χ1) is 12.1. The summed E-state index contributed by atoms with van der Waals surface area (Å²) in [6, 6.07) is 6.10. The molecule has 1 aliphatic heterocycles. The molecule has 0 radical (unpaired) electrons. The third-order valence-electron chi connectivity index (χ3n) is 4.71. The van der Waals surface area contributed by atoms with Crippen molar-refractivity contribution in [3.05, 3.63) is 47.5 Å². The second-order valence-corrected chi connectivity index (χ2v) is 6.29. The van der Waals surface area contributed by atoms with Crippen LogP contribution >= 0.6 is 0 Å². The summed E-state index contributed by atoms with van der Waals surface area (Å²) in [7, 11) is 0. The van der Waals surface area contributed by atoms with Crippen LogP contribution in [0.5, 0.6) is 0 Å². The number of nitrogens with zero attached hydrogens (tertiary/aromatic N) is 3. The summed E-state index contributed by atoms with van der Waals surface area (Å²) in [6.45, 7) is 8.84. The van der Waals surface area contributed by atoms with Gasteiger partial charge in [-0.25, -0.2) is 4.39 Å². The summed E-state index contributed by atoms with van der Waals surface area (Å²) in [5.41, 5.74) is 2.16. The second-order valence-electron chi connectivity index (χ2n) is 6.29. The molecule has 1 fully saturated rings. The molecule has 2 aromatic rings. The minimum absolute atomic E-state index is 0.254. The van der Waals surface area contributed by atoms with Crippen LogP contribution in [-0.4, -0.2) is 53.7 Å². The molecule has 0 spiro atoms. The maximum absolute atomic E-state index is 13.8. The molecule has 2 heterocycles. The number of carbonyl (C=O) groups excluding carboxylic acids is 1. The number of anilines is 1. The molecule has 134 valence electrons. The first-order valence-corrected chi connectivity index (χ1v) is 8.65. The minimum Gasteiger partial charge on any atom is -0.369 e. The first kappa shape index (κ1) is 17.4. The molecule has 2 N–H and O–H groups in total. The number of halogens is 1. The van der Waals surface area contributed by atoms with E-state index in [0.717, 1.165) is 44.0 Å². The number of piperazine rings is 1. The van der Waals surface area contributed by atoms with Crippen molar-refractivity contribution in [2.24, 2.45) is 0 Å². The molecule has 1 aromatic heterocycles. The van der Waals surface area contributed by atoms with Gasteiger partial charge in [-0.3, -0.25) is 9.89 Å². The molecule has 6 nitrogen and oxygen atoms in total. The zero-order chi connectivity index (χ0) is 17.8. The Kier molecular flexibility index (Phi) is 5.33. The fourth-order valence-electron chi connectivity index (χ4n) is 3.20. The third kappa shape index (κ3) is 3.99. The summed E-state index contributed by atoms with van der Waals surface area (Å²) >= 11 is 0. The fraction of sp³-hybridized carbons (Fsp3) is 0.444. The van der Waals surface area contributed by atoms with E-state index in [1.165, 1.54) is 18.3 Å².